The van der Waals surface area contributed by atoms with Crippen molar-refractivity contribution in [2.24, 2.45) is 17.3 Å². The average molecular weight is 292 g/mol. The highest BCUT2D eigenvalue weighted by Gasteiger charge is 2.62. The monoisotopic (exact) mass is 292 g/mol. The number of carbonyl (C=O) groups is 1. The van der Waals surface area contributed by atoms with Gasteiger partial charge in [-0.15, -0.1) is 0 Å². The minimum absolute atomic E-state index is 0.124. The summed E-state index contributed by atoms with van der Waals surface area (Å²) in [6.45, 7) is 11.7. The lowest BCUT2D eigenvalue weighted by molar-refractivity contribution is -0.219. The van der Waals surface area contributed by atoms with Crippen LogP contribution in [0.1, 0.15) is 32.6 Å². The van der Waals surface area contributed by atoms with Crippen molar-refractivity contribution in [3.63, 3.8) is 0 Å². The van der Waals surface area contributed by atoms with Gasteiger partial charge in [-0.05, 0) is 31.1 Å². The highest BCUT2D eigenvalue weighted by atomic mass is 16.7. The number of ether oxygens (including phenoxy) is 3. The van der Waals surface area contributed by atoms with Gasteiger partial charge in [-0.1, -0.05) is 24.3 Å². The Kier molecular flexibility index (Phi) is 3.49. The Morgan fingerprint density at radius 2 is 2.05 bits per heavy atom. The fourth-order valence-electron chi connectivity index (χ4n) is 4.68. The molecule has 0 aromatic rings. The van der Waals surface area contributed by atoms with Gasteiger partial charge in [-0.3, -0.25) is 4.79 Å². The van der Waals surface area contributed by atoms with Gasteiger partial charge in [0.15, 0.2) is 5.79 Å². The van der Waals surface area contributed by atoms with Crippen molar-refractivity contribution in [2.45, 2.75) is 38.4 Å². The summed E-state index contributed by atoms with van der Waals surface area (Å²) < 4.78 is 16.9. The first kappa shape index (κ1) is 14.8. The first-order valence-electron chi connectivity index (χ1n) is 7.60. The van der Waals surface area contributed by atoms with Crippen LogP contribution < -0.4 is 0 Å². The summed E-state index contributed by atoms with van der Waals surface area (Å²) in [5.41, 5.74) is 2.11. The van der Waals surface area contributed by atoms with Gasteiger partial charge in [0, 0.05) is 12.3 Å². The molecule has 3 atom stereocenters. The minimum atomic E-state index is -0.545. The smallest absolute Gasteiger partial charge is 0.306 e. The van der Waals surface area contributed by atoms with E-state index in [1.54, 1.807) is 0 Å². The van der Waals surface area contributed by atoms with Crippen molar-refractivity contribution in [1.82, 2.24) is 0 Å². The lowest BCUT2D eigenvalue weighted by atomic mass is 9.62. The van der Waals surface area contributed by atoms with Gasteiger partial charge in [0.2, 0.25) is 0 Å². The molecule has 0 unspecified atom stereocenters. The molecule has 0 aromatic carbocycles. The third-order valence-electron chi connectivity index (χ3n) is 5.54. The van der Waals surface area contributed by atoms with E-state index in [0.29, 0.717) is 19.6 Å². The van der Waals surface area contributed by atoms with Crippen molar-refractivity contribution in [2.75, 3.05) is 20.3 Å². The van der Waals surface area contributed by atoms with Gasteiger partial charge < -0.3 is 14.2 Å². The molecule has 2 saturated carbocycles. The van der Waals surface area contributed by atoms with Gasteiger partial charge in [0.25, 0.3) is 0 Å². The molecule has 3 rings (SSSR count). The molecule has 0 amide bonds. The predicted molar refractivity (Wildman–Crippen MR) is 78.5 cm³/mol. The van der Waals surface area contributed by atoms with Crippen LogP contribution >= 0.6 is 0 Å². The van der Waals surface area contributed by atoms with Gasteiger partial charge in [-0.25, -0.2) is 0 Å². The highest BCUT2D eigenvalue weighted by Crippen LogP contribution is 2.64. The van der Waals surface area contributed by atoms with Gasteiger partial charge in [0.05, 0.1) is 26.7 Å². The molecule has 4 heteroatoms. The van der Waals surface area contributed by atoms with E-state index in [9.17, 15) is 4.79 Å². The van der Waals surface area contributed by atoms with Crippen LogP contribution in [-0.2, 0) is 19.0 Å². The van der Waals surface area contributed by atoms with E-state index in [1.807, 2.05) is 6.92 Å². The second kappa shape index (κ2) is 4.96. The second-order valence-electron chi connectivity index (χ2n) is 6.82. The van der Waals surface area contributed by atoms with Crippen molar-refractivity contribution in [3.8, 4) is 0 Å². The van der Waals surface area contributed by atoms with Gasteiger partial charge >= 0.3 is 5.97 Å². The van der Waals surface area contributed by atoms with Crippen molar-refractivity contribution >= 4 is 5.97 Å². The first-order chi connectivity index (χ1) is 9.92. The Morgan fingerprint density at radius 3 is 2.62 bits per heavy atom. The summed E-state index contributed by atoms with van der Waals surface area (Å²) in [5, 5.41) is 0. The number of carbonyl (C=O) groups excluding carboxylic acids is 1. The molecule has 3 aliphatic rings. The average Bonchev–Trinajstić information content (AvgIpc) is 2.99. The summed E-state index contributed by atoms with van der Waals surface area (Å²) in [6.07, 6.45) is 2.90. The zero-order chi connectivity index (χ0) is 15.3. The Hall–Kier alpha value is -1.13. The fourth-order valence-corrected chi connectivity index (χ4v) is 4.68. The van der Waals surface area contributed by atoms with Crippen LogP contribution in [0.2, 0.25) is 0 Å². The lowest BCUT2D eigenvalue weighted by Gasteiger charge is -2.47. The third-order valence-corrected chi connectivity index (χ3v) is 5.54. The number of allylic oxidation sites excluding steroid dienone is 1. The quantitative estimate of drug-likeness (QED) is 0.592. The normalized spacial score (nSPS) is 37.0. The Morgan fingerprint density at radius 1 is 1.38 bits per heavy atom. The van der Waals surface area contributed by atoms with Crippen LogP contribution in [0.3, 0.4) is 0 Å². The zero-order valence-corrected chi connectivity index (χ0v) is 12.9. The van der Waals surface area contributed by atoms with E-state index in [2.05, 4.69) is 13.2 Å². The third kappa shape index (κ3) is 2.16. The Balaban J connectivity index is 1.97. The molecule has 1 aliphatic heterocycles. The molecule has 1 saturated heterocycles. The fraction of sp³-hybridized carbons (Fsp3) is 0.706. The predicted octanol–water partition coefficient (Wildman–Crippen LogP) is 2.84. The van der Waals surface area contributed by atoms with Gasteiger partial charge in [0.1, 0.15) is 0 Å². The zero-order valence-electron chi connectivity index (χ0n) is 12.9. The minimum Gasteiger partial charge on any atom is -0.469 e. The molecule has 1 spiro atoms. The maximum atomic E-state index is 11.9. The number of hydrogen-bond acceptors (Lipinski definition) is 4. The van der Waals surface area contributed by atoms with E-state index in [0.717, 1.165) is 30.4 Å². The molecular formula is C17H24O4. The van der Waals surface area contributed by atoms with E-state index in [-0.39, 0.29) is 23.2 Å². The highest BCUT2D eigenvalue weighted by molar-refractivity contribution is 5.70. The summed E-state index contributed by atoms with van der Waals surface area (Å²) in [7, 11) is 1.45. The Bertz CT molecular complexity index is 489. The molecule has 0 aromatic heterocycles. The van der Waals surface area contributed by atoms with Crippen molar-refractivity contribution < 1.29 is 19.0 Å². The number of esters is 1. The van der Waals surface area contributed by atoms with Crippen molar-refractivity contribution in [3.05, 3.63) is 24.3 Å². The Labute approximate surface area is 126 Å². The molecule has 4 nitrogen and oxygen atoms in total. The van der Waals surface area contributed by atoms with E-state index >= 15 is 0 Å². The van der Waals surface area contributed by atoms with Crippen LogP contribution in [0.25, 0.3) is 0 Å². The van der Waals surface area contributed by atoms with Crippen LogP contribution in [0, 0.1) is 17.3 Å². The van der Waals surface area contributed by atoms with E-state index in [4.69, 9.17) is 14.2 Å². The first-order valence-corrected chi connectivity index (χ1v) is 7.60. The molecule has 0 N–H and O–H groups in total. The second-order valence-corrected chi connectivity index (χ2v) is 6.82. The molecule has 3 fully saturated rings. The van der Waals surface area contributed by atoms with Crippen LogP contribution in [0.4, 0.5) is 0 Å². The summed E-state index contributed by atoms with van der Waals surface area (Å²) in [6, 6.07) is 0. The largest absolute Gasteiger partial charge is 0.469 e. The molecule has 0 radical (unpaired) electrons. The van der Waals surface area contributed by atoms with Crippen LogP contribution in [-0.4, -0.2) is 32.1 Å². The lowest BCUT2D eigenvalue weighted by Crippen LogP contribution is -2.48. The number of methoxy groups -OCH3 is 1. The summed E-state index contributed by atoms with van der Waals surface area (Å²) >= 11 is 0. The standard InChI is InChI=1S/C17H24O4/c1-11(2)13-9-17(20-5-6-21-17)14-8-16(13,7-12(14)3)10-15(18)19-4/h13-14H,1,3,5-10H2,2,4H3/t13-,14+,16+/m0/s1. The summed E-state index contributed by atoms with van der Waals surface area (Å²) in [5.74, 6) is -0.319. The summed E-state index contributed by atoms with van der Waals surface area (Å²) in [4.78, 5) is 11.9. The molecule has 2 aliphatic carbocycles. The van der Waals surface area contributed by atoms with Crippen molar-refractivity contribution in [1.29, 1.82) is 0 Å². The molecule has 2 bridgehead atoms. The topological polar surface area (TPSA) is 44.8 Å². The maximum absolute atomic E-state index is 11.9. The van der Waals surface area contributed by atoms with Crippen LogP contribution in [0.5, 0.6) is 0 Å². The van der Waals surface area contributed by atoms with E-state index in [1.165, 1.54) is 7.11 Å². The van der Waals surface area contributed by atoms with E-state index < -0.39 is 5.79 Å². The SMILES string of the molecule is C=C1C[C@]2(CC(=O)OC)C[C@H]1C1(C[C@H]2C(=C)C)OCCO1. The molecule has 1 heterocycles. The number of fused-ring (bicyclic) bond motifs is 3. The molecular weight excluding hydrogens is 268 g/mol. The number of rotatable bonds is 3. The van der Waals surface area contributed by atoms with Crippen LogP contribution in [0.15, 0.2) is 24.3 Å². The molecule has 21 heavy (non-hydrogen) atoms. The maximum Gasteiger partial charge on any atom is 0.306 e. The number of hydrogen-bond donors (Lipinski definition) is 0. The molecule has 116 valence electrons. The van der Waals surface area contributed by atoms with Gasteiger partial charge in [-0.2, -0.15) is 0 Å².